The van der Waals surface area contributed by atoms with Crippen LogP contribution in [0.1, 0.15) is 18.4 Å². The number of ether oxygens (including phenoxy) is 1. The van der Waals surface area contributed by atoms with Crippen LogP contribution in [0.15, 0.2) is 48.5 Å². The summed E-state index contributed by atoms with van der Waals surface area (Å²) in [4.78, 5) is 4.62. The van der Waals surface area contributed by atoms with E-state index in [4.69, 9.17) is 10.5 Å². The van der Waals surface area contributed by atoms with Crippen molar-refractivity contribution in [1.29, 1.82) is 0 Å². The summed E-state index contributed by atoms with van der Waals surface area (Å²) in [6.45, 7) is 4.85. The fourth-order valence-electron chi connectivity index (χ4n) is 3.28. The first-order valence-corrected chi connectivity index (χ1v) is 9.55. The van der Waals surface area contributed by atoms with Crippen LogP contribution in [0.4, 0.5) is 0 Å². The van der Waals surface area contributed by atoms with Gasteiger partial charge in [0.15, 0.2) is 0 Å². The van der Waals surface area contributed by atoms with E-state index in [0.717, 1.165) is 44.8 Å². The van der Waals surface area contributed by atoms with Crippen molar-refractivity contribution in [3.8, 4) is 16.9 Å². The Hall–Kier alpha value is -1.88. The minimum absolute atomic E-state index is 0.390. The normalized spacial score (nSPS) is 16.2. The zero-order chi connectivity index (χ0) is 18.4. The Bertz CT molecular complexity index is 676. The van der Waals surface area contributed by atoms with E-state index >= 15 is 0 Å². The van der Waals surface area contributed by atoms with Gasteiger partial charge in [0.05, 0.1) is 0 Å². The molecule has 0 amide bonds. The van der Waals surface area contributed by atoms with E-state index in [1.165, 1.54) is 16.7 Å². The van der Waals surface area contributed by atoms with Gasteiger partial charge >= 0.3 is 0 Å². The van der Waals surface area contributed by atoms with Crippen LogP contribution < -0.4 is 10.5 Å². The highest BCUT2D eigenvalue weighted by molar-refractivity contribution is 5.65. The van der Waals surface area contributed by atoms with Crippen molar-refractivity contribution in [1.82, 2.24) is 9.80 Å². The monoisotopic (exact) mass is 353 g/mol. The summed E-state index contributed by atoms with van der Waals surface area (Å²) in [6.07, 6.45) is 2.22. The molecule has 0 radical (unpaired) electrons. The SMILES string of the molecule is CN(C)CCOc1cccc(-c2ccc(CN3CCC(N)CC3)cc2)c1. The molecule has 1 aliphatic heterocycles. The Morgan fingerprint density at radius 3 is 2.46 bits per heavy atom. The zero-order valence-electron chi connectivity index (χ0n) is 16.0. The number of piperidine rings is 1. The minimum atomic E-state index is 0.390. The molecule has 0 spiro atoms. The molecule has 2 aromatic carbocycles. The minimum Gasteiger partial charge on any atom is -0.492 e. The van der Waals surface area contributed by atoms with E-state index in [0.29, 0.717) is 12.6 Å². The molecule has 2 N–H and O–H groups in total. The van der Waals surface area contributed by atoms with Gasteiger partial charge in [-0.2, -0.15) is 0 Å². The average Bonchev–Trinajstić information content (AvgIpc) is 2.64. The van der Waals surface area contributed by atoms with Gasteiger partial charge in [0.2, 0.25) is 0 Å². The number of likely N-dealkylation sites (tertiary alicyclic amines) is 1. The highest BCUT2D eigenvalue weighted by Gasteiger charge is 2.15. The molecule has 140 valence electrons. The standard InChI is InChI=1S/C22H31N3O/c1-24(2)14-15-26-22-5-3-4-20(16-22)19-8-6-18(7-9-19)17-25-12-10-21(23)11-13-25/h3-9,16,21H,10-15,17,23H2,1-2H3. The first-order chi connectivity index (χ1) is 12.6. The lowest BCUT2D eigenvalue weighted by Crippen LogP contribution is -2.39. The van der Waals surface area contributed by atoms with E-state index in [1.807, 2.05) is 6.07 Å². The first kappa shape index (κ1) is 18.9. The van der Waals surface area contributed by atoms with E-state index in [2.05, 4.69) is 66.4 Å². The Kier molecular flexibility index (Phi) is 6.67. The molecule has 1 heterocycles. The molecule has 2 aromatic rings. The maximum atomic E-state index is 5.99. The number of rotatable bonds is 7. The Morgan fingerprint density at radius 2 is 1.77 bits per heavy atom. The molecular formula is C22H31N3O. The molecular weight excluding hydrogens is 322 g/mol. The van der Waals surface area contributed by atoms with Gasteiger partial charge in [0.25, 0.3) is 0 Å². The van der Waals surface area contributed by atoms with E-state index in [9.17, 15) is 0 Å². The molecule has 0 bridgehead atoms. The topological polar surface area (TPSA) is 41.7 Å². The summed E-state index contributed by atoms with van der Waals surface area (Å²) in [5.74, 6) is 0.929. The molecule has 4 nitrogen and oxygen atoms in total. The lowest BCUT2D eigenvalue weighted by Gasteiger charge is -2.30. The van der Waals surface area contributed by atoms with Crippen molar-refractivity contribution in [2.24, 2.45) is 5.73 Å². The Labute approximate surface area is 157 Å². The maximum Gasteiger partial charge on any atom is 0.119 e. The summed E-state index contributed by atoms with van der Waals surface area (Å²) in [5, 5.41) is 0. The van der Waals surface area contributed by atoms with Gasteiger partial charge in [-0.1, -0.05) is 36.4 Å². The van der Waals surface area contributed by atoms with Gasteiger partial charge in [-0.05, 0) is 68.8 Å². The third-order valence-corrected chi connectivity index (χ3v) is 4.97. The summed E-state index contributed by atoms with van der Waals surface area (Å²) in [7, 11) is 4.11. The summed E-state index contributed by atoms with van der Waals surface area (Å²) in [5.41, 5.74) is 9.78. The number of hydrogen-bond donors (Lipinski definition) is 1. The van der Waals surface area contributed by atoms with Crippen molar-refractivity contribution in [2.75, 3.05) is 40.3 Å². The van der Waals surface area contributed by atoms with Crippen LogP contribution >= 0.6 is 0 Å². The van der Waals surface area contributed by atoms with Crippen LogP contribution in [-0.2, 0) is 6.54 Å². The largest absolute Gasteiger partial charge is 0.492 e. The van der Waals surface area contributed by atoms with Crippen LogP contribution in [0.2, 0.25) is 0 Å². The van der Waals surface area contributed by atoms with Crippen LogP contribution in [-0.4, -0.2) is 56.2 Å². The van der Waals surface area contributed by atoms with E-state index < -0.39 is 0 Å². The third kappa shape index (κ3) is 5.56. The van der Waals surface area contributed by atoms with Crippen LogP contribution in [0.5, 0.6) is 5.75 Å². The molecule has 0 atom stereocenters. The number of benzene rings is 2. The van der Waals surface area contributed by atoms with Gasteiger partial charge in [-0.25, -0.2) is 0 Å². The summed E-state index contributed by atoms with van der Waals surface area (Å²) >= 11 is 0. The fourth-order valence-corrected chi connectivity index (χ4v) is 3.28. The fraction of sp³-hybridized carbons (Fsp3) is 0.455. The molecule has 1 aliphatic rings. The Balaban J connectivity index is 1.59. The van der Waals surface area contributed by atoms with Crippen molar-refractivity contribution < 1.29 is 4.74 Å². The summed E-state index contributed by atoms with van der Waals surface area (Å²) < 4.78 is 5.85. The number of nitrogens with zero attached hydrogens (tertiary/aromatic N) is 2. The first-order valence-electron chi connectivity index (χ1n) is 9.55. The van der Waals surface area contributed by atoms with Gasteiger partial charge in [0, 0.05) is 19.1 Å². The molecule has 3 rings (SSSR count). The van der Waals surface area contributed by atoms with Gasteiger partial charge in [-0.15, -0.1) is 0 Å². The number of hydrogen-bond acceptors (Lipinski definition) is 4. The predicted molar refractivity (Wildman–Crippen MR) is 108 cm³/mol. The predicted octanol–water partition coefficient (Wildman–Crippen LogP) is 3.22. The highest BCUT2D eigenvalue weighted by atomic mass is 16.5. The third-order valence-electron chi connectivity index (χ3n) is 4.97. The number of nitrogens with two attached hydrogens (primary N) is 1. The molecule has 1 fully saturated rings. The molecule has 0 aromatic heterocycles. The summed E-state index contributed by atoms with van der Waals surface area (Å²) in [6, 6.07) is 17.6. The Morgan fingerprint density at radius 1 is 1.04 bits per heavy atom. The molecule has 0 saturated carbocycles. The van der Waals surface area contributed by atoms with Gasteiger partial charge < -0.3 is 15.4 Å². The maximum absolute atomic E-state index is 5.99. The molecule has 1 saturated heterocycles. The zero-order valence-corrected chi connectivity index (χ0v) is 16.0. The molecule has 0 unspecified atom stereocenters. The average molecular weight is 354 g/mol. The van der Waals surface area contributed by atoms with Crippen molar-refractivity contribution >= 4 is 0 Å². The molecule has 0 aliphatic carbocycles. The second-order valence-electron chi connectivity index (χ2n) is 7.49. The molecule has 26 heavy (non-hydrogen) atoms. The van der Waals surface area contributed by atoms with E-state index in [1.54, 1.807) is 0 Å². The lowest BCUT2D eigenvalue weighted by atomic mass is 10.0. The quantitative estimate of drug-likeness (QED) is 0.830. The molecule has 4 heteroatoms. The smallest absolute Gasteiger partial charge is 0.119 e. The number of likely N-dealkylation sites (N-methyl/N-ethyl adjacent to an activating group) is 1. The van der Waals surface area contributed by atoms with Crippen LogP contribution in [0, 0.1) is 0 Å². The lowest BCUT2D eigenvalue weighted by molar-refractivity contribution is 0.205. The van der Waals surface area contributed by atoms with Crippen molar-refractivity contribution in [3.05, 3.63) is 54.1 Å². The second kappa shape index (κ2) is 9.17. The van der Waals surface area contributed by atoms with Gasteiger partial charge in [0.1, 0.15) is 12.4 Å². The van der Waals surface area contributed by atoms with Gasteiger partial charge in [-0.3, -0.25) is 4.90 Å². The van der Waals surface area contributed by atoms with Crippen LogP contribution in [0.25, 0.3) is 11.1 Å². The van der Waals surface area contributed by atoms with E-state index in [-0.39, 0.29) is 0 Å². The van der Waals surface area contributed by atoms with Crippen molar-refractivity contribution in [2.45, 2.75) is 25.4 Å². The second-order valence-corrected chi connectivity index (χ2v) is 7.49. The highest BCUT2D eigenvalue weighted by Crippen LogP contribution is 2.25. The van der Waals surface area contributed by atoms with Crippen LogP contribution in [0.3, 0.4) is 0 Å². The van der Waals surface area contributed by atoms with Crippen molar-refractivity contribution in [3.63, 3.8) is 0 Å².